The van der Waals surface area contributed by atoms with Crippen molar-refractivity contribution in [3.63, 3.8) is 0 Å². The zero-order valence-corrected chi connectivity index (χ0v) is 13.7. The fourth-order valence-electron chi connectivity index (χ4n) is 2.39. The van der Waals surface area contributed by atoms with Gasteiger partial charge in [0.2, 0.25) is 0 Å². The number of anilines is 1. The van der Waals surface area contributed by atoms with Crippen LogP contribution in [-0.4, -0.2) is 46.8 Å². The third-order valence-electron chi connectivity index (χ3n) is 3.63. The number of sulfone groups is 1. The number of carbonyl (C=O) groups excluding carboxylic acids is 1. The summed E-state index contributed by atoms with van der Waals surface area (Å²) in [5.41, 5.74) is 1.02. The molecule has 2 aromatic rings. The van der Waals surface area contributed by atoms with Crippen LogP contribution in [0.2, 0.25) is 0 Å². The number of pyridine rings is 1. The summed E-state index contributed by atoms with van der Waals surface area (Å²) in [5, 5.41) is 5.74. The summed E-state index contributed by atoms with van der Waals surface area (Å²) >= 11 is 0. The Morgan fingerprint density at radius 1 is 1.21 bits per heavy atom. The van der Waals surface area contributed by atoms with Crippen molar-refractivity contribution in [3.8, 4) is 0 Å². The SMILES string of the molecule is O=C(NC1CCS(=O)(=O)C1)c1cnc(NCc2ccccn2)cn1. The first-order valence-corrected chi connectivity index (χ1v) is 9.31. The Kier molecular flexibility index (Phi) is 4.70. The summed E-state index contributed by atoms with van der Waals surface area (Å²) in [5.74, 6) is 0.206. The highest BCUT2D eigenvalue weighted by Gasteiger charge is 2.29. The first-order chi connectivity index (χ1) is 11.5. The number of carbonyl (C=O) groups is 1. The number of amides is 1. The van der Waals surface area contributed by atoms with E-state index in [-0.39, 0.29) is 23.2 Å². The lowest BCUT2D eigenvalue weighted by Gasteiger charge is -2.10. The highest BCUT2D eigenvalue weighted by atomic mass is 32.2. The van der Waals surface area contributed by atoms with Gasteiger partial charge in [0, 0.05) is 12.2 Å². The Balaban J connectivity index is 1.55. The minimum atomic E-state index is -3.03. The van der Waals surface area contributed by atoms with Crippen LogP contribution in [0.25, 0.3) is 0 Å². The van der Waals surface area contributed by atoms with Crippen molar-refractivity contribution >= 4 is 21.6 Å². The van der Waals surface area contributed by atoms with Gasteiger partial charge in [0.1, 0.15) is 11.5 Å². The van der Waals surface area contributed by atoms with E-state index >= 15 is 0 Å². The van der Waals surface area contributed by atoms with Gasteiger partial charge < -0.3 is 10.6 Å². The molecule has 3 rings (SSSR count). The molecule has 1 fully saturated rings. The van der Waals surface area contributed by atoms with Crippen LogP contribution >= 0.6 is 0 Å². The average molecular weight is 347 g/mol. The number of hydrogen-bond acceptors (Lipinski definition) is 7. The van der Waals surface area contributed by atoms with Crippen LogP contribution in [0.3, 0.4) is 0 Å². The van der Waals surface area contributed by atoms with Crippen molar-refractivity contribution in [3.05, 3.63) is 48.2 Å². The fourth-order valence-corrected chi connectivity index (χ4v) is 4.06. The second-order valence-electron chi connectivity index (χ2n) is 5.53. The normalized spacial score (nSPS) is 18.9. The van der Waals surface area contributed by atoms with Crippen LogP contribution in [-0.2, 0) is 16.4 Å². The van der Waals surface area contributed by atoms with Crippen LogP contribution in [0.1, 0.15) is 22.6 Å². The number of nitrogens with zero attached hydrogens (tertiary/aromatic N) is 3. The molecule has 0 radical (unpaired) electrons. The summed E-state index contributed by atoms with van der Waals surface area (Å²) in [7, 11) is -3.03. The summed E-state index contributed by atoms with van der Waals surface area (Å²) in [6, 6.07) is 5.27. The molecule has 0 aliphatic carbocycles. The second-order valence-corrected chi connectivity index (χ2v) is 7.76. The van der Waals surface area contributed by atoms with Crippen molar-refractivity contribution < 1.29 is 13.2 Å². The second kappa shape index (κ2) is 6.91. The molecule has 0 saturated carbocycles. The van der Waals surface area contributed by atoms with Crippen molar-refractivity contribution in [2.24, 2.45) is 0 Å². The standard InChI is InChI=1S/C15H17N5O3S/c21-15(20-12-4-6-24(22,23)10-12)13-8-19-14(9-17-13)18-7-11-3-1-2-5-16-11/h1-3,5,8-9,12H,4,6-7,10H2,(H,18,19)(H,20,21). The zero-order chi connectivity index (χ0) is 17.0. The monoisotopic (exact) mass is 347 g/mol. The Morgan fingerprint density at radius 3 is 2.71 bits per heavy atom. The predicted molar refractivity (Wildman–Crippen MR) is 88.1 cm³/mol. The molecule has 0 aromatic carbocycles. The van der Waals surface area contributed by atoms with Crippen molar-refractivity contribution in [2.45, 2.75) is 19.0 Å². The van der Waals surface area contributed by atoms with E-state index < -0.39 is 15.7 Å². The number of hydrogen-bond donors (Lipinski definition) is 2. The molecular weight excluding hydrogens is 330 g/mol. The molecule has 1 atom stereocenters. The summed E-state index contributed by atoms with van der Waals surface area (Å²) in [6.45, 7) is 0.501. The van der Waals surface area contributed by atoms with Gasteiger partial charge in [0.15, 0.2) is 9.84 Å². The molecule has 1 amide bonds. The maximum Gasteiger partial charge on any atom is 0.271 e. The van der Waals surface area contributed by atoms with Gasteiger partial charge in [-0.15, -0.1) is 0 Å². The minimum absolute atomic E-state index is 0.0180. The van der Waals surface area contributed by atoms with E-state index in [1.54, 1.807) is 6.20 Å². The van der Waals surface area contributed by atoms with Crippen molar-refractivity contribution in [1.82, 2.24) is 20.3 Å². The molecule has 0 bridgehead atoms. The lowest BCUT2D eigenvalue weighted by atomic mass is 10.2. The highest BCUT2D eigenvalue weighted by Crippen LogP contribution is 2.12. The van der Waals surface area contributed by atoms with Gasteiger partial charge in [-0.05, 0) is 18.6 Å². The molecule has 9 heteroatoms. The van der Waals surface area contributed by atoms with Gasteiger partial charge in [-0.1, -0.05) is 6.07 Å². The first-order valence-electron chi connectivity index (χ1n) is 7.49. The number of nitrogens with one attached hydrogen (secondary N) is 2. The topological polar surface area (TPSA) is 114 Å². The lowest BCUT2D eigenvalue weighted by molar-refractivity contribution is 0.0935. The third-order valence-corrected chi connectivity index (χ3v) is 5.40. The Labute approximate surface area is 139 Å². The van der Waals surface area contributed by atoms with E-state index in [9.17, 15) is 13.2 Å². The Bertz CT molecular complexity index is 809. The van der Waals surface area contributed by atoms with E-state index in [2.05, 4.69) is 25.6 Å². The summed E-state index contributed by atoms with van der Waals surface area (Å²) in [4.78, 5) is 24.4. The predicted octanol–water partition coefficient (Wildman–Crippen LogP) is 0.401. The molecule has 8 nitrogen and oxygen atoms in total. The molecule has 2 aromatic heterocycles. The van der Waals surface area contributed by atoms with Crippen LogP contribution in [0.4, 0.5) is 5.82 Å². The molecule has 1 aliphatic heterocycles. The highest BCUT2D eigenvalue weighted by molar-refractivity contribution is 7.91. The molecule has 1 aliphatic rings. The fraction of sp³-hybridized carbons (Fsp3) is 0.333. The van der Waals surface area contributed by atoms with Crippen LogP contribution in [0.5, 0.6) is 0 Å². The maximum atomic E-state index is 12.1. The molecule has 1 saturated heterocycles. The quantitative estimate of drug-likeness (QED) is 0.804. The van der Waals surface area contributed by atoms with Gasteiger partial charge in [0.25, 0.3) is 5.91 Å². The van der Waals surface area contributed by atoms with Gasteiger partial charge in [-0.2, -0.15) is 0 Å². The molecule has 126 valence electrons. The lowest BCUT2D eigenvalue weighted by Crippen LogP contribution is -2.36. The van der Waals surface area contributed by atoms with E-state index in [1.807, 2.05) is 18.2 Å². The largest absolute Gasteiger partial charge is 0.363 e. The van der Waals surface area contributed by atoms with Gasteiger partial charge in [-0.3, -0.25) is 9.78 Å². The molecule has 1 unspecified atom stereocenters. The third kappa shape index (κ3) is 4.25. The van der Waals surface area contributed by atoms with E-state index in [1.165, 1.54) is 12.4 Å². The van der Waals surface area contributed by atoms with E-state index in [0.29, 0.717) is 18.8 Å². The van der Waals surface area contributed by atoms with Gasteiger partial charge in [-0.25, -0.2) is 18.4 Å². The summed E-state index contributed by atoms with van der Waals surface area (Å²) < 4.78 is 22.8. The smallest absolute Gasteiger partial charge is 0.271 e. The molecule has 0 spiro atoms. The zero-order valence-electron chi connectivity index (χ0n) is 12.8. The maximum absolute atomic E-state index is 12.1. The van der Waals surface area contributed by atoms with Crippen LogP contribution in [0, 0.1) is 0 Å². The van der Waals surface area contributed by atoms with Crippen LogP contribution < -0.4 is 10.6 Å². The minimum Gasteiger partial charge on any atom is -0.363 e. The van der Waals surface area contributed by atoms with Gasteiger partial charge >= 0.3 is 0 Å². The first kappa shape index (κ1) is 16.3. The Hall–Kier alpha value is -2.55. The molecule has 24 heavy (non-hydrogen) atoms. The molecular formula is C15H17N5O3S. The van der Waals surface area contributed by atoms with Crippen molar-refractivity contribution in [2.75, 3.05) is 16.8 Å². The van der Waals surface area contributed by atoms with Gasteiger partial charge in [0.05, 0.1) is 36.1 Å². The van der Waals surface area contributed by atoms with E-state index in [4.69, 9.17) is 0 Å². The molecule has 3 heterocycles. The number of aromatic nitrogens is 3. The molecule has 2 N–H and O–H groups in total. The number of rotatable bonds is 5. The van der Waals surface area contributed by atoms with E-state index in [0.717, 1.165) is 5.69 Å². The average Bonchev–Trinajstić information content (AvgIpc) is 2.93. The Morgan fingerprint density at radius 2 is 2.08 bits per heavy atom. The van der Waals surface area contributed by atoms with Crippen LogP contribution in [0.15, 0.2) is 36.8 Å². The van der Waals surface area contributed by atoms with Crippen molar-refractivity contribution in [1.29, 1.82) is 0 Å². The summed E-state index contributed by atoms with van der Waals surface area (Å²) in [6.07, 6.45) is 4.97.